The van der Waals surface area contributed by atoms with Crippen molar-refractivity contribution in [1.29, 1.82) is 0 Å². The molecule has 0 heterocycles. The first-order valence-corrected chi connectivity index (χ1v) is 7.67. The van der Waals surface area contributed by atoms with Crippen molar-refractivity contribution in [2.75, 3.05) is 6.54 Å². The van der Waals surface area contributed by atoms with Gasteiger partial charge in [0.2, 0.25) is 0 Å². The smallest absolute Gasteiger partial charge is 0.252 e. The lowest BCUT2D eigenvalue weighted by Gasteiger charge is -2.26. The van der Waals surface area contributed by atoms with Crippen LogP contribution in [0.1, 0.15) is 49.4 Å². The number of carbonyl (C=O) groups is 1. The Kier molecular flexibility index (Phi) is 5.32. The second-order valence-corrected chi connectivity index (χ2v) is 6.18. The average molecular weight is 277 g/mol. The summed E-state index contributed by atoms with van der Waals surface area (Å²) in [6.07, 6.45) is 6.46. The molecule has 0 radical (unpaired) electrons. The minimum Gasteiger partial charge on any atom is -0.352 e. The molecule has 0 saturated heterocycles. The van der Waals surface area contributed by atoms with Crippen molar-refractivity contribution in [3.05, 3.63) is 29.8 Å². The Morgan fingerprint density at radius 1 is 1.37 bits per heavy atom. The molecule has 1 aliphatic carbocycles. The van der Waals surface area contributed by atoms with E-state index in [1.807, 2.05) is 24.3 Å². The lowest BCUT2D eigenvalue weighted by molar-refractivity contribution is 0.0947. The van der Waals surface area contributed by atoms with E-state index in [0.29, 0.717) is 5.56 Å². The van der Waals surface area contributed by atoms with Crippen molar-refractivity contribution in [3.8, 4) is 0 Å². The fraction of sp³-hybridized carbons (Fsp3) is 0.562. The number of hydrogen-bond acceptors (Lipinski definition) is 2. The van der Waals surface area contributed by atoms with Gasteiger partial charge in [-0.05, 0) is 36.8 Å². The molecule has 2 rings (SSSR count). The maximum absolute atomic E-state index is 12.0. The standard InChI is InChI=1S/C16H23NOS/c1-12-5-4-6-13(11-12)9-10-17-16(18)14-7-2-3-8-15(14)19/h2-3,7-8,12-13,19H,4-6,9-11H2,1H3,(H,17,18). The molecular formula is C16H23NOS. The van der Waals surface area contributed by atoms with Crippen molar-refractivity contribution in [3.63, 3.8) is 0 Å². The predicted molar refractivity (Wildman–Crippen MR) is 81.8 cm³/mol. The molecule has 104 valence electrons. The average Bonchev–Trinajstić information content (AvgIpc) is 2.39. The molecule has 1 N–H and O–H groups in total. The van der Waals surface area contributed by atoms with Crippen LogP contribution in [0.4, 0.5) is 0 Å². The zero-order valence-corrected chi connectivity index (χ0v) is 12.5. The molecule has 0 aliphatic heterocycles. The van der Waals surface area contributed by atoms with Gasteiger partial charge in [-0.3, -0.25) is 4.79 Å². The number of amides is 1. The number of thiol groups is 1. The zero-order chi connectivity index (χ0) is 13.7. The van der Waals surface area contributed by atoms with E-state index in [2.05, 4.69) is 24.9 Å². The lowest BCUT2D eigenvalue weighted by atomic mass is 9.81. The van der Waals surface area contributed by atoms with Crippen molar-refractivity contribution < 1.29 is 4.79 Å². The predicted octanol–water partition coefficient (Wildman–Crippen LogP) is 3.92. The SMILES string of the molecule is CC1CCCC(CCNC(=O)c2ccccc2S)C1. The molecule has 1 aromatic rings. The van der Waals surface area contributed by atoms with Crippen molar-refractivity contribution >= 4 is 18.5 Å². The minimum atomic E-state index is -0.00513. The fourth-order valence-electron chi connectivity index (χ4n) is 2.97. The second-order valence-electron chi connectivity index (χ2n) is 5.70. The maximum atomic E-state index is 12.0. The molecule has 0 spiro atoms. The van der Waals surface area contributed by atoms with Gasteiger partial charge in [0.1, 0.15) is 0 Å². The summed E-state index contributed by atoms with van der Waals surface area (Å²) in [5, 5.41) is 3.01. The molecule has 1 saturated carbocycles. The summed E-state index contributed by atoms with van der Waals surface area (Å²) in [6.45, 7) is 3.11. The largest absolute Gasteiger partial charge is 0.352 e. The van der Waals surface area contributed by atoms with Gasteiger partial charge in [0.25, 0.3) is 5.91 Å². The molecule has 1 aromatic carbocycles. The number of hydrogen-bond donors (Lipinski definition) is 2. The van der Waals surface area contributed by atoms with E-state index in [-0.39, 0.29) is 5.91 Å². The summed E-state index contributed by atoms with van der Waals surface area (Å²) < 4.78 is 0. The Morgan fingerprint density at radius 3 is 2.89 bits per heavy atom. The molecular weight excluding hydrogens is 254 g/mol. The lowest BCUT2D eigenvalue weighted by Crippen LogP contribution is -2.27. The summed E-state index contributed by atoms with van der Waals surface area (Å²) in [5.74, 6) is 1.64. The highest BCUT2D eigenvalue weighted by Gasteiger charge is 2.18. The van der Waals surface area contributed by atoms with Gasteiger partial charge in [0.05, 0.1) is 5.56 Å². The van der Waals surface area contributed by atoms with Gasteiger partial charge in [-0.1, -0.05) is 38.3 Å². The number of rotatable bonds is 4. The minimum absolute atomic E-state index is 0.00513. The van der Waals surface area contributed by atoms with Gasteiger partial charge in [0.15, 0.2) is 0 Å². The van der Waals surface area contributed by atoms with E-state index < -0.39 is 0 Å². The normalized spacial score (nSPS) is 23.1. The number of benzene rings is 1. The molecule has 19 heavy (non-hydrogen) atoms. The Balaban J connectivity index is 1.76. The Labute approximate surface area is 121 Å². The molecule has 1 amide bonds. The Hall–Kier alpha value is -0.960. The van der Waals surface area contributed by atoms with Gasteiger partial charge in [0, 0.05) is 11.4 Å². The highest BCUT2D eigenvalue weighted by Crippen LogP contribution is 2.30. The first-order chi connectivity index (χ1) is 9.16. The van der Waals surface area contributed by atoms with E-state index in [1.165, 1.54) is 25.7 Å². The van der Waals surface area contributed by atoms with Gasteiger partial charge < -0.3 is 5.32 Å². The van der Waals surface area contributed by atoms with Gasteiger partial charge in [-0.25, -0.2) is 0 Å². The molecule has 1 fully saturated rings. The van der Waals surface area contributed by atoms with E-state index in [9.17, 15) is 4.79 Å². The monoisotopic (exact) mass is 277 g/mol. The first-order valence-electron chi connectivity index (χ1n) is 7.23. The van der Waals surface area contributed by atoms with Gasteiger partial charge in [-0.15, -0.1) is 12.6 Å². The molecule has 2 atom stereocenters. The third-order valence-corrected chi connectivity index (χ3v) is 4.42. The van der Waals surface area contributed by atoms with Crippen LogP contribution < -0.4 is 5.32 Å². The van der Waals surface area contributed by atoms with Crippen molar-refractivity contribution in [2.45, 2.75) is 43.9 Å². The van der Waals surface area contributed by atoms with Crippen LogP contribution in [-0.2, 0) is 0 Å². The van der Waals surface area contributed by atoms with Crippen molar-refractivity contribution in [1.82, 2.24) is 5.32 Å². The highest BCUT2D eigenvalue weighted by molar-refractivity contribution is 7.80. The van der Waals surface area contributed by atoms with Crippen LogP contribution in [0.2, 0.25) is 0 Å². The third kappa shape index (κ3) is 4.27. The molecule has 2 nitrogen and oxygen atoms in total. The van der Waals surface area contributed by atoms with Gasteiger partial charge >= 0.3 is 0 Å². The first kappa shape index (κ1) is 14.4. The van der Waals surface area contributed by atoms with Crippen LogP contribution in [0.25, 0.3) is 0 Å². The van der Waals surface area contributed by atoms with Crippen LogP contribution in [0.15, 0.2) is 29.2 Å². The molecule has 3 heteroatoms. The summed E-state index contributed by atoms with van der Waals surface area (Å²) in [5.41, 5.74) is 0.669. The van der Waals surface area contributed by atoms with Gasteiger partial charge in [-0.2, -0.15) is 0 Å². The second kappa shape index (κ2) is 6.99. The van der Waals surface area contributed by atoms with E-state index in [0.717, 1.165) is 29.7 Å². The maximum Gasteiger partial charge on any atom is 0.252 e. The summed E-state index contributed by atoms with van der Waals surface area (Å²) in [4.78, 5) is 12.8. The van der Waals surface area contributed by atoms with Crippen LogP contribution >= 0.6 is 12.6 Å². The quantitative estimate of drug-likeness (QED) is 0.802. The highest BCUT2D eigenvalue weighted by atomic mass is 32.1. The fourth-order valence-corrected chi connectivity index (χ4v) is 3.23. The van der Waals surface area contributed by atoms with Crippen LogP contribution in [-0.4, -0.2) is 12.5 Å². The van der Waals surface area contributed by atoms with Crippen LogP contribution in [0.5, 0.6) is 0 Å². The molecule has 2 unspecified atom stereocenters. The third-order valence-electron chi connectivity index (χ3n) is 4.03. The van der Waals surface area contributed by atoms with Crippen molar-refractivity contribution in [2.24, 2.45) is 11.8 Å². The van der Waals surface area contributed by atoms with Crippen LogP contribution in [0, 0.1) is 11.8 Å². The topological polar surface area (TPSA) is 29.1 Å². The summed E-state index contributed by atoms with van der Waals surface area (Å²) >= 11 is 4.31. The van der Waals surface area contributed by atoms with E-state index >= 15 is 0 Å². The molecule has 0 aromatic heterocycles. The Morgan fingerprint density at radius 2 is 2.16 bits per heavy atom. The summed E-state index contributed by atoms with van der Waals surface area (Å²) in [7, 11) is 0. The molecule has 1 aliphatic rings. The van der Waals surface area contributed by atoms with E-state index in [4.69, 9.17) is 0 Å². The van der Waals surface area contributed by atoms with Crippen LogP contribution in [0.3, 0.4) is 0 Å². The molecule has 0 bridgehead atoms. The number of carbonyl (C=O) groups excluding carboxylic acids is 1. The summed E-state index contributed by atoms with van der Waals surface area (Å²) in [6, 6.07) is 7.43. The van der Waals surface area contributed by atoms with E-state index in [1.54, 1.807) is 0 Å². The number of nitrogens with one attached hydrogen (secondary N) is 1. The zero-order valence-electron chi connectivity index (χ0n) is 11.6. The Bertz CT molecular complexity index is 433.